The van der Waals surface area contributed by atoms with Gasteiger partial charge in [-0.15, -0.1) is 0 Å². The lowest BCUT2D eigenvalue weighted by Crippen LogP contribution is -2.29. The molecule has 0 saturated heterocycles. The van der Waals surface area contributed by atoms with E-state index in [1.165, 1.54) is 31.0 Å². The Morgan fingerprint density at radius 3 is 2.47 bits per heavy atom. The van der Waals surface area contributed by atoms with Crippen LogP contribution in [0.15, 0.2) is 18.2 Å². The first-order chi connectivity index (χ1) is 8.20. The maximum Gasteiger partial charge on any atom is 0.130 e. The van der Waals surface area contributed by atoms with E-state index in [-0.39, 0.29) is 12.1 Å². The van der Waals surface area contributed by atoms with E-state index in [1.54, 1.807) is 0 Å². The van der Waals surface area contributed by atoms with Gasteiger partial charge in [0.25, 0.3) is 0 Å². The quantitative estimate of drug-likeness (QED) is 0.799. The molecule has 0 bridgehead atoms. The van der Waals surface area contributed by atoms with Crippen LogP contribution < -0.4 is 5.32 Å². The van der Waals surface area contributed by atoms with Crippen molar-refractivity contribution in [1.82, 2.24) is 5.32 Å². The molecule has 3 heteroatoms. The minimum absolute atomic E-state index is 0.154. The number of hydrogen-bond acceptors (Lipinski definition) is 1. The summed E-state index contributed by atoms with van der Waals surface area (Å²) in [4.78, 5) is 0. The molecule has 1 N–H and O–H groups in total. The van der Waals surface area contributed by atoms with Gasteiger partial charge in [-0.2, -0.15) is 0 Å². The lowest BCUT2D eigenvalue weighted by molar-refractivity contribution is 0.431. The van der Waals surface area contributed by atoms with Gasteiger partial charge >= 0.3 is 0 Å². The van der Waals surface area contributed by atoms with E-state index in [4.69, 9.17) is 0 Å². The standard InChI is InChI=1S/C14H19F2N/c1-2-11(8-10-6-7-10)17-9-12-13(15)4-3-5-14(12)16/h3-5,10-11,17H,2,6-9H2,1H3. The summed E-state index contributed by atoms with van der Waals surface area (Å²) in [6, 6.07) is 4.39. The predicted molar refractivity (Wildman–Crippen MR) is 64.6 cm³/mol. The minimum atomic E-state index is -0.459. The maximum atomic E-state index is 13.4. The summed E-state index contributed by atoms with van der Waals surface area (Å²) < 4.78 is 26.8. The van der Waals surface area contributed by atoms with Crippen molar-refractivity contribution in [3.63, 3.8) is 0 Å². The van der Waals surface area contributed by atoms with Crippen molar-refractivity contribution < 1.29 is 8.78 Å². The summed E-state index contributed by atoms with van der Waals surface area (Å²) in [7, 11) is 0. The molecule has 2 rings (SSSR count). The summed E-state index contributed by atoms with van der Waals surface area (Å²) in [5.74, 6) is -0.0875. The fourth-order valence-electron chi connectivity index (χ4n) is 2.10. The summed E-state index contributed by atoms with van der Waals surface area (Å²) in [5.41, 5.74) is 0.154. The van der Waals surface area contributed by atoms with Gasteiger partial charge < -0.3 is 5.32 Å². The first-order valence-electron chi connectivity index (χ1n) is 6.37. The molecular formula is C14H19F2N. The topological polar surface area (TPSA) is 12.0 Å². The highest BCUT2D eigenvalue weighted by Crippen LogP contribution is 2.34. The third kappa shape index (κ3) is 3.50. The minimum Gasteiger partial charge on any atom is -0.310 e. The van der Waals surface area contributed by atoms with Crippen molar-refractivity contribution in [2.75, 3.05) is 0 Å². The third-order valence-corrected chi connectivity index (χ3v) is 3.44. The molecule has 1 aliphatic carbocycles. The molecule has 94 valence electrons. The van der Waals surface area contributed by atoms with E-state index < -0.39 is 11.6 Å². The second kappa shape index (κ2) is 5.58. The average molecular weight is 239 g/mol. The Kier molecular flexibility index (Phi) is 4.11. The van der Waals surface area contributed by atoms with Crippen molar-refractivity contribution in [2.24, 2.45) is 5.92 Å². The van der Waals surface area contributed by atoms with Gasteiger partial charge in [-0.1, -0.05) is 25.8 Å². The molecule has 0 radical (unpaired) electrons. The molecule has 17 heavy (non-hydrogen) atoms. The van der Waals surface area contributed by atoms with Crippen molar-refractivity contribution in [1.29, 1.82) is 0 Å². The summed E-state index contributed by atoms with van der Waals surface area (Å²) in [5, 5.41) is 3.26. The highest BCUT2D eigenvalue weighted by Gasteiger charge is 2.24. The lowest BCUT2D eigenvalue weighted by atomic mass is 10.1. The Hall–Kier alpha value is -0.960. The number of halogens is 2. The van der Waals surface area contributed by atoms with E-state index in [2.05, 4.69) is 12.2 Å². The van der Waals surface area contributed by atoms with Crippen molar-refractivity contribution in [3.8, 4) is 0 Å². The largest absolute Gasteiger partial charge is 0.310 e. The summed E-state index contributed by atoms with van der Waals surface area (Å²) in [6.07, 6.45) is 4.76. The van der Waals surface area contributed by atoms with Crippen molar-refractivity contribution in [2.45, 2.75) is 45.2 Å². The average Bonchev–Trinajstić information content (AvgIpc) is 3.10. The highest BCUT2D eigenvalue weighted by molar-refractivity contribution is 5.19. The molecule has 1 aliphatic rings. The van der Waals surface area contributed by atoms with E-state index >= 15 is 0 Å². The van der Waals surface area contributed by atoms with Gasteiger partial charge in [0.1, 0.15) is 11.6 Å². The van der Waals surface area contributed by atoms with Gasteiger partial charge in [-0.3, -0.25) is 0 Å². The molecule has 1 saturated carbocycles. The van der Waals surface area contributed by atoms with Crippen LogP contribution in [0.5, 0.6) is 0 Å². The summed E-state index contributed by atoms with van der Waals surface area (Å²) >= 11 is 0. The normalized spacial score (nSPS) is 17.1. The zero-order valence-corrected chi connectivity index (χ0v) is 10.2. The third-order valence-electron chi connectivity index (χ3n) is 3.44. The smallest absolute Gasteiger partial charge is 0.130 e. The first-order valence-corrected chi connectivity index (χ1v) is 6.37. The van der Waals surface area contributed by atoms with Gasteiger partial charge in [0.2, 0.25) is 0 Å². The zero-order chi connectivity index (χ0) is 12.3. The second-order valence-electron chi connectivity index (χ2n) is 4.87. The molecular weight excluding hydrogens is 220 g/mol. The van der Waals surface area contributed by atoms with Gasteiger partial charge in [0.15, 0.2) is 0 Å². The number of hydrogen-bond donors (Lipinski definition) is 1. The molecule has 1 fully saturated rings. The van der Waals surface area contributed by atoms with Crippen LogP contribution in [0.4, 0.5) is 8.78 Å². The van der Waals surface area contributed by atoms with E-state index in [0.29, 0.717) is 6.04 Å². The maximum absolute atomic E-state index is 13.4. The molecule has 1 nitrogen and oxygen atoms in total. The van der Waals surface area contributed by atoms with Crippen LogP contribution in [0, 0.1) is 17.6 Å². The molecule has 1 unspecified atom stereocenters. The summed E-state index contributed by atoms with van der Waals surface area (Å²) in [6.45, 7) is 2.39. The Morgan fingerprint density at radius 1 is 1.29 bits per heavy atom. The van der Waals surface area contributed by atoms with Crippen LogP contribution in [0.1, 0.15) is 38.2 Å². The van der Waals surface area contributed by atoms with Crippen molar-refractivity contribution in [3.05, 3.63) is 35.4 Å². The predicted octanol–water partition coefficient (Wildman–Crippen LogP) is 3.63. The molecule has 1 aromatic rings. The van der Waals surface area contributed by atoms with Crippen LogP contribution >= 0.6 is 0 Å². The van der Waals surface area contributed by atoms with Crippen LogP contribution in [0.25, 0.3) is 0 Å². The highest BCUT2D eigenvalue weighted by atomic mass is 19.1. The van der Waals surface area contributed by atoms with Gasteiger partial charge in [-0.05, 0) is 30.9 Å². The second-order valence-corrected chi connectivity index (χ2v) is 4.87. The monoisotopic (exact) mass is 239 g/mol. The molecule has 1 atom stereocenters. The van der Waals surface area contributed by atoms with E-state index in [9.17, 15) is 8.78 Å². The Bertz CT molecular complexity index is 354. The zero-order valence-electron chi connectivity index (χ0n) is 10.2. The molecule has 0 aliphatic heterocycles. The Balaban J connectivity index is 1.90. The number of nitrogens with one attached hydrogen (secondary N) is 1. The van der Waals surface area contributed by atoms with Gasteiger partial charge in [0.05, 0.1) is 0 Å². The van der Waals surface area contributed by atoms with Crippen LogP contribution in [-0.2, 0) is 6.54 Å². The first kappa shape index (κ1) is 12.5. The molecule has 0 aromatic heterocycles. The SMILES string of the molecule is CCC(CC1CC1)NCc1c(F)cccc1F. The fraction of sp³-hybridized carbons (Fsp3) is 0.571. The van der Waals surface area contributed by atoms with Crippen LogP contribution in [0.3, 0.4) is 0 Å². The molecule has 0 heterocycles. The lowest BCUT2D eigenvalue weighted by Gasteiger charge is -2.17. The number of rotatable bonds is 6. The van der Waals surface area contributed by atoms with Crippen LogP contribution in [0.2, 0.25) is 0 Å². The molecule has 0 amide bonds. The molecule has 1 aromatic carbocycles. The van der Waals surface area contributed by atoms with Gasteiger partial charge in [0, 0.05) is 18.2 Å². The fourth-order valence-corrected chi connectivity index (χ4v) is 2.10. The van der Waals surface area contributed by atoms with E-state index in [0.717, 1.165) is 18.8 Å². The number of benzene rings is 1. The van der Waals surface area contributed by atoms with E-state index in [1.807, 2.05) is 0 Å². The van der Waals surface area contributed by atoms with Crippen LogP contribution in [-0.4, -0.2) is 6.04 Å². The Labute approximate surface area is 101 Å². The Morgan fingerprint density at radius 2 is 1.94 bits per heavy atom. The van der Waals surface area contributed by atoms with Gasteiger partial charge in [-0.25, -0.2) is 8.78 Å². The van der Waals surface area contributed by atoms with Crippen molar-refractivity contribution >= 4 is 0 Å². The molecule has 0 spiro atoms.